The molecule has 3 aromatic rings. The molecule has 3 rings (SSSR count). The summed E-state index contributed by atoms with van der Waals surface area (Å²) < 4.78 is 7.48. The average molecular weight is 331 g/mol. The van der Waals surface area contributed by atoms with Crippen molar-refractivity contribution >= 4 is 23.1 Å². The molecule has 2 heterocycles. The Kier molecular flexibility index (Phi) is 4.80. The van der Waals surface area contributed by atoms with Gasteiger partial charge >= 0.3 is 0 Å². The predicted molar refractivity (Wildman–Crippen MR) is 91.5 cm³/mol. The molecule has 0 aliphatic rings. The molecule has 0 aliphatic carbocycles. The normalized spacial score (nSPS) is 10.8. The molecule has 0 saturated heterocycles. The quantitative estimate of drug-likeness (QED) is 0.634. The highest BCUT2D eigenvalue weighted by Crippen LogP contribution is 2.28. The van der Waals surface area contributed by atoms with Crippen molar-refractivity contribution < 1.29 is 4.74 Å². The van der Waals surface area contributed by atoms with Crippen molar-refractivity contribution in [1.29, 1.82) is 0 Å². The first kappa shape index (κ1) is 15.1. The van der Waals surface area contributed by atoms with Crippen LogP contribution >= 0.6 is 23.1 Å². The first-order valence-corrected chi connectivity index (χ1v) is 8.90. The minimum atomic E-state index is 0.686. The second kappa shape index (κ2) is 6.98. The summed E-state index contributed by atoms with van der Waals surface area (Å²) in [5, 5.41) is 4.16. The van der Waals surface area contributed by atoms with E-state index in [9.17, 15) is 0 Å². The van der Waals surface area contributed by atoms with Gasteiger partial charge in [-0.1, -0.05) is 11.8 Å². The fourth-order valence-corrected chi connectivity index (χ4v) is 3.75. The average Bonchev–Trinajstić information content (AvgIpc) is 3.15. The number of ether oxygens (including phenoxy) is 1. The van der Waals surface area contributed by atoms with Gasteiger partial charge in [0.25, 0.3) is 0 Å². The maximum absolute atomic E-state index is 5.46. The van der Waals surface area contributed by atoms with E-state index in [4.69, 9.17) is 9.72 Å². The molecule has 0 amide bonds. The van der Waals surface area contributed by atoms with Gasteiger partial charge in [-0.05, 0) is 31.2 Å². The number of benzene rings is 1. The van der Waals surface area contributed by atoms with Gasteiger partial charge in [-0.25, -0.2) is 9.97 Å². The summed E-state index contributed by atoms with van der Waals surface area (Å²) >= 11 is 3.37. The molecule has 0 spiro atoms. The molecule has 0 atom stereocenters. The van der Waals surface area contributed by atoms with Gasteiger partial charge in [-0.2, -0.15) is 0 Å². The molecule has 22 heavy (non-hydrogen) atoms. The molecule has 114 valence electrons. The van der Waals surface area contributed by atoms with Crippen LogP contribution in [0.4, 0.5) is 0 Å². The summed E-state index contributed by atoms with van der Waals surface area (Å²) in [6, 6.07) is 8.09. The number of nitrogens with zero attached hydrogens (tertiary/aromatic N) is 3. The zero-order valence-corrected chi connectivity index (χ0v) is 14.2. The standard InChI is InChI=1S/C16H17N3OS2/c1-3-20-14-6-4-12(5-7-14)15-18-13(10-21-15)11-22-16-17-8-9-19(16)2/h4-10H,3,11H2,1-2H3. The van der Waals surface area contributed by atoms with Crippen LogP contribution in [-0.4, -0.2) is 21.1 Å². The molecule has 0 N–H and O–H groups in total. The number of imidazole rings is 1. The van der Waals surface area contributed by atoms with Crippen molar-refractivity contribution in [1.82, 2.24) is 14.5 Å². The lowest BCUT2D eigenvalue weighted by Gasteiger charge is -2.03. The topological polar surface area (TPSA) is 39.9 Å². The number of thioether (sulfide) groups is 1. The first-order valence-electron chi connectivity index (χ1n) is 7.04. The second-order valence-electron chi connectivity index (χ2n) is 4.71. The Hall–Kier alpha value is -1.79. The van der Waals surface area contributed by atoms with E-state index in [0.29, 0.717) is 6.61 Å². The van der Waals surface area contributed by atoms with Crippen LogP contribution in [0.15, 0.2) is 47.2 Å². The second-order valence-corrected chi connectivity index (χ2v) is 6.51. The van der Waals surface area contributed by atoms with Gasteiger partial charge in [0.1, 0.15) is 10.8 Å². The largest absolute Gasteiger partial charge is 0.494 e. The van der Waals surface area contributed by atoms with E-state index in [-0.39, 0.29) is 0 Å². The third kappa shape index (κ3) is 3.51. The molecule has 0 bridgehead atoms. The molecule has 2 aromatic heterocycles. The Morgan fingerprint density at radius 2 is 2.09 bits per heavy atom. The van der Waals surface area contributed by atoms with Gasteiger partial charge in [-0.3, -0.25) is 0 Å². The third-order valence-electron chi connectivity index (χ3n) is 3.09. The minimum Gasteiger partial charge on any atom is -0.494 e. The van der Waals surface area contributed by atoms with Gasteiger partial charge in [-0.15, -0.1) is 11.3 Å². The Morgan fingerprint density at radius 1 is 1.27 bits per heavy atom. The van der Waals surface area contributed by atoms with Crippen LogP contribution < -0.4 is 4.74 Å². The fourth-order valence-electron chi connectivity index (χ4n) is 2.00. The summed E-state index contributed by atoms with van der Waals surface area (Å²) in [5.41, 5.74) is 2.21. The molecular formula is C16H17N3OS2. The molecule has 0 unspecified atom stereocenters. The Balaban J connectivity index is 1.66. The van der Waals surface area contributed by atoms with Gasteiger partial charge in [0.15, 0.2) is 5.16 Å². The van der Waals surface area contributed by atoms with Gasteiger partial charge in [0, 0.05) is 36.1 Å². The zero-order chi connectivity index (χ0) is 15.4. The highest BCUT2D eigenvalue weighted by molar-refractivity contribution is 7.98. The van der Waals surface area contributed by atoms with Gasteiger partial charge in [0.05, 0.1) is 12.3 Å². The van der Waals surface area contributed by atoms with Crippen molar-refractivity contribution in [2.45, 2.75) is 17.8 Å². The number of aromatic nitrogens is 3. The zero-order valence-electron chi connectivity index (χ0n) is 12.5. The minimum absolute atomic E-state index is 0.686. The van der Waals surface area contributed by atoms with Crippen molar-refractivity contribution in [3.05, 3.63) is 47.7 Å². The summed E-state index contributed by atoms with van der Waals surface area (Å²) in [5.74, 6) is 1.73. The predicted octanol–water partition coefficient (Wildman–Crippen LogP) is 4.23. The van der Waals surface area contributed by atoms with Crippen molar-refractivity contribution in [2.24, 2.45) is 7.05 Å². The summed E-state index contributed by atoms with van der Waals surface area (Å²) in [7, 11) is 2.00. The highest BCUT2D eigenvalue weighted by Gasteiger charge is 2.07. The van der Waals surface area contributed by atoms with Gasteiger partial charge in [0.2, 0.25) is 0 Å². The van der Waals surface area contributed by atoms with E-state index < -0.39 is 0 Å². The van der Waals surface area contributed by atoms with Crippen LogP contribution in [0.2, 0.25) is 0 Å². The maximum Gasteiger partial charge on any atom is 0.168 e. The highest BCUT2D eigenvalue weighted by atomic mass is 32.2. The van der Waals surface area contributed by atoms with E-state index in [0.717, 1.165) is 32.9 Å². The molecule has 0 saturated carbocycles. The van der Waals surface area contributed by atoms with Crippen molar-refractivity contribution in [3.8, 4) is 16.3 Å². The fraction of sp³-hybridized carbons (Fsp3) is 0.250. The monoisotopic (exact) mass is 331 g/mol. The van der Waals surface area contributed by atoms with E-state index in [1.807, 2.05) is 43.1 Å². The number of aryl methyl sites for hydroxylation is 1. The molecule has 1 aromatic carbocycles. The molecule has 0 radical (unpaired) electrons. The third-order valence-corrected chi connectivity index (χ3v) is 5.12. The van der Waals surface area contributed by atoms with E-state index in [1.165, 1.54) is 0 Å². The Bertz CT molecular complexity index is 734. The lowest BCUT2D eigenvalue weighted by Crippen LogP contribution is -1.91. The maximum atomic E-state index is 5.46. The lowest BCUT2D eigenvalue weighted by atomic mass is 10.2. The number of hydrogen-bond donors (Lipinski definition) is 0. The summed E-state index contributed by atoms with van der Waals surface area (Å²) in [6.07, 6.45) is 3.77. The SMILES string of the molecule is CCOc1ccc(-c2nc(CSc3nccn3C)cs2)cc1. The van der Waals surface area contributed by atoms with Crippen molar-refractivity contribution in [3.63, 3.8) is 0 Å². The first-order chi connectivity index (χ1) is 10.8. The van der Waals surface area contributed by atoms with E-state index >= 15 is 0 Å². The smallest absolute Gasteiger partial charge is 0.168 e. The Labute approximate surface area is 138 Å². The summed E-state index contributed by atoms with van der Waals surface area (Å²) in [4.78, 5) is 9.02. The Morgan fingerprint density at radius 3 is 2.77 bits per heavy atom. The van der Waals surface area contributed by atoms with Crippen LogP contribution in [0, 0.1) is 0 Å². The molecule has 6 heteroatoms. The molecular weight excluding hydrogens is 314 g/mol. The van der Waals surface area contributed by atoms with Crippen LogP contribution in [0.3, 0.4) is 0 Å². The molecule has 0 aliphatic heterocycles. The van der Waals surface area contributed by atoms with Crippen LogP contribution in [-0.2, 0) is 12.8 Å². The van der Waals surface area contributed by atoms with E-state index in [1.54, 1.807) is 23.1 Å². The van der Waals surface area contributed by atoms with E-state index in [2.05, 4.69) is 22.5 Å². The number of thiazole rings is 1. The van der Waals surface area contributed by atoms with Crippen molar-refractivity contribution in [2.75, 3.05) is 6.61 Å². The lowest BCUT2D eigenvalue weighted by molar-refractivity contribution is 0.340. The van der Waals surface area contributed by atoms with Crippen LogP contribution in [0.5, 0.6) is 5.75 Å². The van der Waals surface area contributed by atoms with Crippen LogP contribution in [0.1, 0.15) is 12.6 Å². The van der Waals surface area contributed by atoms with Crippen LogP contribution in [0.25, 0.3) is 10.6 Å². The molecule has 4 nitrogen and oxygen atoms in total. The number of hydrogen-bond acceptors (Lipinski definition) is 5. The van der Waals surface area contributed by atoms with Gasteiger partial charge < -0.3 is 9.30 Å². The number of rotatable bonds is 6. The summed E-state index contributed by atoms with van der Waals surface area (Å²) in [6.45, 7) is 2.67. The molecule has 0 fully saturated rings.